The van der Waals surface area contributed by atoms with Crippen LogP contribution in [-0.2, 0) is 9.59 Å². The lowest BCUT2D eigenvalue weighted by Crippen LogP contribution is -2.57. The number of thioether (sulfide) groups is 1. The highest BCUT2D eigenvalue weighted by molar-refractivity contribution is 8.01. The number of nitrogens with zero attached hydrogens (tertiary/aromatic N) is 2. The summed E-state index contributed by atoms with van der Waals surface area (Å²) < 4.78 is 0. The van der Waals surface area contributed by atoms with Crippen molar-refractivity contribution in [3.05, 3.63) is 0 Å². The normalized spacial score (nSPS) is 25.3. The van der Waals surface area contributed by atoms with Crippen molar-refractivity contribution in [1.29, 1.82) is 0 Å². The highest BCUT2D eigenvalue weighted by Crippen LogP contribution is 2.46. The fraction of sp³-hybridized carbons (Fsp3) is 0.867. The van der Waals surface area contributed by atoms with Gasteiger partial charge in [0, 0.05) is 31.8 Å². The van der Waals surface area contributed by atoms with E-state index in [2.05, 4.69) is 17.3 Å². The molecule has 2 saturated heterocycles. The Kier molecular flexibility index (Phi) is 5.54. The number of nitrogens with one attached hydrogen (secondary N) is 1. The van der Waals surface area contributed by atoms with Gasteiger partial charge in [0.1, 0.15) is 6.04 Å². The summed E-state index contributed by atoms with van der Waals surface area (Å²) in [5.74, 6) is 0.855. The molecule has 2 heterocycles. The molecule has 0 aromatic heterocycles. The Morgan fingerprint density at radius 3 is 2.52 bits per heavy atom. The van der Waals surface area contributed by atoms with Crippen LogP contribution in [0.3, 0.4) is 0 Å². The van der Waals surface area contributed by atoms with Gasteiger partial charge >= 0.3 is 0 Å². The average Bonchev–Trinajstić information content (AvgIpc) is 2.86. The molecule has 0 aromatic rings. The first kappa shape index (κ1) is 16.6. The Morgan fingerprint density at radius 2 is 1.95 bits per heavy atom. The van der Waals surface area contributed by atoms with Crippen molar-refractivity contribution in [3.8, 4) is 0 Å². The molecule has 2 amide bonds. The zero-order valence-electron chi connectivity index (χ0n) is 13.4. The van der Waals surface area contributed by atoms with Gasteiger partial charge < -0.3 is 15.1 Å². The Hall–Kier alpha value is -0.750. The monoisotopic (exact) mass is 313 g/mol. The second-order valence-corrected chi connectivity index (χ2v) is 7.37. The zero-order chi connectivity index (χ0) is 15.5. The van der Waals surface area contributed by atoms with Gasteiger partial charge in [-0.05, 0) is 26.3 Å². The van der Waals surface area contributed by atoms with Crippen LogP contribution in [-0.4, -0.2) is 65.0 Å². The third-order valence-electron chi connectivity index (χ3n) is 4.45. The van der Waals surface area contributed by atoms with E-state index in [0.29, 0.717) is 13.0 Å². The minimum atomic E-state index is -0.294. The summed E-state index contributed by atoms with van der Waals surface area (Å²) in [6.07, 6.45) is 3.30. The first-order valence-corrected chi connectivity index (χ1v) is 8.95. The predicted molar refractivity (Wildman–Crippen MR) is 86.1 cm³/mol. The molecule has 0 radical (unpaired) electrons. The predicted octanol–water partition coefficient (Wildman–Crippen LogP) is 1.29. The molecular weight excluding hydrogens is 286 g/mol. The maximum Gasteiger partial charge on any atom is 0.243 e. The van der Waals surface area contributed by atoms with Crippen LogP contribution >= 0.6 is 11.8 Å². The molecule has 0 bridgehead atoms. The first-order valence-electron chi connectivity index (χ1n) is 7.96. The molecule has 1 N–H and O–H groups in total. The van der Waals surface area contributed by atoms with Gasteiger partial charge in [-0.25, -0.2) is 0 Å². The summed E-state index contributed by atoms with van der Waals surface area (Å²) in [4.78, 5) is 28.9. The lowest BCUT2D eigenvalue weighted by Gasteiger charge is -2.44. The lowest BCUT2D eigenvalue weighted by molar-refractivity contribution is -0.143. The van der Waals surface area contributed by atoms with Crippen LogP contribution in [0.2, 0.25) is 0 Å². The van der Waals surface area contributed by atoms with Gasteiger partial charge in [0.15, 0.2) is 0 Å². The highest BCUT2D eigenvalue weighted by atomic mass is 32.2. The summed E-state index contributed by atoms with van der Waals surface area (Å²) in [7, 11) is 2.11. The molecule has 0 aromatic carbocycles. The molecule has 0 aliphatic carbocycles. The van der Waals surface area contributed by atoms with Crippen molar-refractivity contribution in [2.45, 2.75) is 50.4 Å². The first-order chi connectivity index (χ1) is 10.0. The van der Waals surface area contributed by atoms with Crippen molar-refractivity contribution in [2.75, 3.05) is 32.4 Å². The van der Waals surface area contributed by atoms with Crippen LogP contribution in [0.5, 0.6) is 0 Å². The third kappa shape index (κ3) is 3.37. The molecule has 120 valence electrons. The molecule has 1 atom stereocenters. The standard InChI is InChI=1S/C15H27N3O2S/c1-4-8-16-14(20)12-11-21-15(18(12)13(19)5-2)6-9-17(3)10-7-15/h12H,4-11H2,1-3H3,(H,16,20). The van der Waals surface area contributed by atoms with E-state index in [9.17, 15) is 9.59 Å². The Bertz CT molecular complexity index is 394. The summed E-state index contributed by atoms with van der Waals surface area (Å²) >= 11 is 1.81. The number of hydrogen-bond donors (Lipinski definition) is 1. The number of piperidine rings is 1. The number of likely N-dealkylation sites (tertiary alicyclic amines) is 1. The Labute approximate surface area is 131 Å². The minimum Gasteiger partial charge on any atom is -0.354 e. The third-order valence-corrected chi connectivity index (χ3v) is 6.08. The zero-order valence-corrected chi connectivity index (χ0v) is 14.2. The molecule has 0 saturated carbocycles. The van der Waals surface area contributed by atoms with Crippen LogP contribution in [0.4, 0.5) is 0 Å². The second-order valence-electron chi connectivity index (χ2n) is 5.98. The molecule has 1 unspecified atom stereocenters. The van der Waals surface area contributed by atoms with Crippen molar-refractivity contribution < 1.29 is 9.59 Å². The van der Waals surface area contributed by atoms with Gasteiger partial charge in [-0.3, -0.25) is 9.59 Å². The molecule has 6 heteroatoms. The average molecular weight is 313 g/mol. The fourth-order valence-electron chi connectivity index (χ4n) is 3.15. The molecule has 5 nitrogen and oxygen atoms in total. The molecule has 1 spiro atoms. The lowest BCUT2D eigenvalue weighted by atomic mass is 10.00. The largest absolute Gasteiger partial charge is 0.354 e. The number of rotatable bonds is 4. The second kappa shape index (κ2) is 7.01. The molecule has 21 heavy (non-hydrogen) atoms. The van der Waals surface area contributed by atoms with E-state index < -0.39 is 0 Å². The van der Waals surface area contributed by atoms with Crippen molar-refractivity contribution in [2.24, 2.45) is 0 Å². The summed E-state index contributed by atoms with van der Waals surface area (Å²) in [5.41, 5.74) is 0. The van der Waals surface area contributed by atoms with Crippen LogP contribution in [0.25, 0.3) is 0 Å². The van der Waals surface area contributed by atoms with Crippen molar-refractivity contribution in [1.82, 2.24) is 15.1 Å². The number of carbonyl (C=O) groups is 2. The molecular formula is C15H27N3O2S. The van der Waals surface area contributed by atoms with Gasteiger partial charge in [0.05, 0.1) is 4.87 Å². The van der Waals surface area contributed by atoms with Crippen LogP contribution in [0.1, 0.15) is 39.5 Å². The number of carbonyl (C=O) groups excluding carboxylic acids is 2. The maximum absolute atomic E-state index is 12.5. The van der Waals surface area contributed by atoms with Crippen LogP contribution < -0.4 is 5.32 Å². The van der Waals surface area contributed by atoms with E-state index in [-0.39, 0.29) is 22.7 Å². The van der Waals surface area contributed by atoms with Crippen LogP contribution in [0.15, 0.2) is 0 Å². The molecule has 2 aliphatic heterocycles. The number of amides is 2. The molecule has 2 aliphatic rings. The van der Waals surface area contributed by atoms with Crippen LogP contribution in [0, 0.1) is 0 Å². The van der Waals surface area contributed by atoms with Gasteiger partial charge in [-0.15, -0.1) is 11.8 Å². The Balaban J connectivity index is 2.16. The summed E-state index contributed by atoms with van der Waals surface area (Å²) in [6, 6.07) is -0.294. The highest BCUT2D eigenvalue weighted by Gasteiger charge is 2.52. The van der Waals surface area contributed by atoms with Gasteiger partial charge in [0.2, 0.25) is 11.8 Å². The van der Waals surface area contributed by atoms with E-state index in [4.69, 9.17) is 0 Å². The van der Waals surface area contributed by atoms with Crippen molar-refractivity contribution >= 4 is 23.6 Å². The van der Waals surface area contributed by atoms with Crippen molar-refractivity contribution in [3.63, 3.8) is 0 Å². The van der Waals surface area contributed by atoms with Gasteiger partial charge in [-0.1, -0.05) is 13.8 Å². The van der Waals surface area contributed by atoms with E-state index in [1.54, 1.807) is 11.8 Å². The molecule has 2 fully saturated rings. The SMILES string of the molecule is CCCNC(=O)C1CSC2(CCN(C)CC2)N1C(=O)CC. The quantitative estimate of drug-likeness (QED) is 0.850. The smallest absolute Gasteiger partial charge is 0.243 e. The fourth-order valence-corrected chi connectivity index (χ4v) is 4.75. The van der Waals surface area contributed by atoms with E-state index in [1.165, 1.54) is 0 Å². The van der Waals surface area contributed by atoms with E-state index in [0.717, 1.165) is 38.1 Å². The van der Waals surface area contributed by atoms with Gasteiger partial charge in [-0.2, -0.15) is 0 Å². The number of hydrogen-bond acceptors (Lipinski definition) is 4. The topological polar surface area (TPSA) is 52.7 Å². The molecule has 2 rings (SSSR count). The summed E-state index contributed by atoms with van der Waals surface area (Å²) in [5, 5.41) is 2.96. The van der Waals surface area contributed by atoms with Gasteiger partial charge in [0.25, 0.3) is 0 Å². The minimum absolute atomic E-state index is 0.0157. The maximum atomic E-state index is 12.5. The van der Waals surface area contributed by atoms with E-state index in [1.807, 2.05) is 18.7 Å². The Morgan fingerprint density at radius 1 is 1.29 bits per heavy atom. The summed E-state index contributed by atoms with van der Waals surface area (Å²) in [6.45, 7) is 6.59. The van der Waals surface area contributed by atoms with E-state index >= 15 is 0 Å².